The predicted octanol–water partition coefficient (Wildman–Crippen LogP) is 5.16. The van der Waals surface area contributed by atoms with Crippen molar-refractivity contribution in [2.45, 2.75) is 40.2 Å². The zero-order valence-electron chi connectivity index (χ0n) is 19.4. The largest absolute Gasteiger partial charge is 0.493 e. The van der Waals surface area contributed by atoms with Crippen LogP contribution in [0.4, 0.5) is 10.5 Å². The molecule has 1 aliphatic heterocycles. The number of imide groups is 1. The average Bonchev–Trinajstić information content (AvgIpc) is 3.04. The van der Waals surface area contributed by atoms with Crippen LogP contribution in [0.1, 0.15) is 37.0 Å². The molecule has 174 valence electrons. The van der Waals surface area contributed by atoms with E-state index in [-0.39, 0.29) is 17.6 Å². The van der Waals surface area contributed by atoms with Gasteiger partial charge >= 0.3 is 0 Å². The maximum absolute atomic E-state index is 12.8. The van der Waals surface area contributed by atoms with Crippen LogP contribution in [0.15, 0.2) is 41.3 Å². The van der Waals surface area contributed by atoms with Gasteiger partial charge in [0.15, 0.2) is 11.5 Å². The van der Waals surface area contributed by atoms with E-state index < -0.39 is 17.1 Å². The lowest BCUT2D eigenvalue weighted by atomic mass is 10.1. The third-order valence-corrected chi connectivity index (χ3v) is 6.14. The molecule has 0 aromatic heterocycles. The van der Waals surface area contributed by atoms with Crippen LogP contribution in [0.25, 0.3) is 6.08 Å². The number of thioether (sulfide) groups is 1. The van der Waals surface area contributed by atoms with E-state index in [2.05, 4.69) is 5.32 Å². The molecule has 1 aliphatic rings. The molecule has 7 nitrogen and oxygen atoms in total. The summed E-state index contributed by atoms with van der Waals surface area (Å²) in [4.78, 5) is 38.9. The van der Waals surface area contributed by atoms with Crippen molar-refractivity contribution in [3.05, 3.63) is 58.0 Å². The number of rotatable bonds is 8. The Morgan fingerprint density at radius 3 is 2.61 bits per heavy atom. The maximum Gasteiger partial charge on any atom is 0.294 e. The van der Waals surface area contributed by atoms with Crippen LogP contribution >= 0.6 is 11.8 Å². The second kappa shape index (κ2) is 10.6. The van der Waals surface area contributed by atoms with Gasteiger partial charge in [-0.2, -0.15) is 0 Å². The minimum Gasteiger partial charge on any atom is -0.493 e. The highest BCUT2D eigenvalue weighted by atomic mass is 32.2. The second-order valence-corrected chi connectivity index (χ2v) is 8.87. The number of carbonyl (C=O) groups excluding carboxylic acids is 3. The summed E-state index contributed by atoms with van der Waals surface area (Å²) in [5.74, 6) is 0.219. The van der Waals surface area contributed by atoms with Crippen LogP contribution in [0, 0.1) is 13.8 Å². The van der Waals surface area contributed by atoms with Crippen LogP contribution in [0.3, 0.4) is 0 Å². The number of benzene rings is 2. The molecule has 8 heteroatoms. The summed E-state index contributed by atoms with van der Waals surface area (Å²) in [6.07, 6.45) is 2.51. The quantitative estimate of drug-likeness (QED) is 0.539. The monoisotopic (exact) mass is 468 g/mol. The first-order valence-corrected chi connectivity index (χ1v) is 11.5. The number of hydrogen-bond acceptors (Lipinski definition) is 6. The predicted molar refractivity (Wildman–Crippen MR) is 131 cm³/mol. The highest BCUT2D eigenvalue weighted by Crippen LogP contribution is 2.35. The molecule has 3 amide bonds. The SMILES string of the molecule is CC[C@H](C)Oc1ccc(/C=C2\SC(=O)N(CC(=O)Nc3cc(C)ccc3C)C2=O)cc1OC. The van der Waals surface area contributed by atoms with Gasteiger partial charge in [0.1, 0.15) is 6.54 Å². The topological polar surface area (TPSA) is 84.9 Å². The fourth-order valence-corrected chi connectivity index (χ4v) is 4.00. The molecule has 1 N–H and O–H groups in total. The number of aryl methyl sites for hydroxylation is 2. The summed E-state index contributed by atoms with van der Waals surface area (Å²) in [5.41, 5.74) is 3.25. The lowest BCUT2D eigenvalue weighted by Crippen LogP contribution is -2.36. The Labute approximate surface area is 198 Å². The molecular weight excluding hydrogens is 440 g/mol. The summed E-state index contributed by atoms with van der Waals surface area (Å²) in [6.45, 7) is 7.46. The minimum atomic E-state index is -0.500. The Kier molecular flexibility index (Phi) is 7.81. The molecule has 0 radical (unpaired) electrons. The molecule has 2 aromatic rings. The fourth-order valence-electron chi connectivity index (χ4n) is 3.16. The minimum absolute atomic E-state index is 0.0379. The molecule has 0 aliphatic carbocycles. The van der Waals surface area contributed by atoms with Crippen LogP contribution < -0.4 is 14.8 Å². The Hall–Kier alpha value is -3.26. The Bertz CT molecular complexity index is 1110. The van der Waals surface area contributed by atoms with Gasteiger partial charge < -0.3 is 14.8 Å². The number of ether oxygens (including phenoxy) is 2. The standard InChI is InChI=1S/C25H28N2O5S/c1-6-17(4)32-20-10-9-18(12-21(20)31-5)13-22-24(29)27(25(30)33-22)14-23(28)26-19-11-15(2)7-8-16(19)3/h7-13,17H,6,14H2,1-5H3,(H,26,28)/b22-13-/t17-/m0/s1. The van der Waals surface area contributed by atoms with Crippen molar-refractivity contribution in [2.75, 3.05) is 19.0 Å². The summed E-state index contributed by atoms with van der Waals surface area (Å²) < 4.78 is 11.3. The maximum atomic E-state index is 12.8. The van der Waals surface area contributed by atoms with Crippen LogP contribution in [0.5, 0.6) is 11.5 Å². The van der Waals surface area contributed by atoms with Crippen molar-refractivity contribution in [2.24, 2.45) is 0 Å². The molecule has 1 heterocycles. The van der Waals surface area contributed by atoms with Crippen LogP contribution in [0.2, 0.25) is 0 Å². The summed E-state index contributed by atoms with van der Waals surface area (Å²) in [5, 5.41) is 2.30. The highest BCUT2D eigenvalue weighted by Gasteiger charge is 2.36. The zero-order chi connectivity index (χ0) is 24.1. The van der Waals surface area contributed by atoms with Crippen molar-refractivity contribution in [3.63, 3.8) is 0 Å². The Balaban J connectivity index is 1.72. The van der Waals surface area contributed by atoms with E-state index in [4.69, 9.17) is 9.47 Å². The van der Waals surface area contributed by atoms with E-state index in [1.807, 2.05) is 45.9 Å². The van der Waals surface area contributed by atoms with Gasteiger partial charge in [-0.15, -0.1) is 0 Å². The van der Waals surface area contributed by atoms with Crippen LogP contribution in [-0.4, -0.2) is 41.7 Å². The molecule has 2 aromatic carbocycles. The molecule has 0 saturated carbocycles. The van der Waals surface area contributed by atoms with E-state index >= 15 is 0 Å². The first kappa shape index (κ1) is 24.4. The molecule has 0 spiro atoms. The molecular formula is C25H28N2O5S. The summed E-state index contributed by atoms with van der Waals surface area (Å²) in [7, 11) is 1.55. The number of nitrogens with one attached hydrogen (secondary N) is 1. The first-order valence-electron chi connectivity index (χ1n) is 10.7. The first-order chi connectivity index (χ1) is 15.7. The van der Waals surface area contributed by atoms with Gasteiger partial charge in [-0.25, -0.2) is 0 Å². The van der Waals surface area contributed by atoms with Gasteiger partial charge in [-0.1, -0.05) is 25.1 Å². The number of anilines is 1. The smallest absolute Gasteiger partial charge is 0.294 e. The van der Waals surface area contributed by atoms with E-state index in [9.17, 15) is 14.4 Å². The molecule has 1 saturated heterocycles. The van der Waals surface area contributed by atoms with Crippen molar-refractivity contribution < 1.29 is 23.9 Å². The Morgan fingerprint density at radius 2 is 1.91 bits per heavy atom. The molecule has 33 heavy (non-hydrogen) atoms. The van der Waals surface area contributed by atoms with E-state index in [1.54, 1.807) is 31.4 Å². The molecule has 1 fully saturated rings. The lowest BCUT2D eigenvalue weighted by Gasteiger charge is -2.16. The third kappa shape index (κ3) is 5.96. The van der Waals surface area contributed by atoms with E-state index in [0.717, 1.165) is 34.2 Å². The number of carbonyl (C=O) groups is 3. The van der Waals surface area contributed by atoms with Gasteiger partial charge in [0, 0.05) is 5.69 Å². The number of methoxy groups -OCH3 is 1. The van der Waals surface area contributed by atoms with Gasteiger partial charge in [0.2, 0.25) is 5.91 Å². The highest BCUT2D eigenvalue weighted by molar-refractivity contribution is 8.18. The van der Waals surface area contributed by atoms with Gasteiger partial charge in [-0.3, -0.25) is 19.3 Å². The number of amides is 3. The number of nitrogens with zero attached hydrogens (tertiary/aromatic N) is 1. The van der Waals surface area contributed by atoms with Crippen molar-refractivity contribution in [1.29, 1.82) is 0 Å². The Morgan fingerprint density at radius 1 is 1.15 bits per heavy atom. The zero-order valence-corrected chi connectivity index (χ0v) is 20.2. The summed E-state index contributed by atoms with van der Waals surface area (Å²) >= 11 is 0.809. The lowest BCUT2D eigenvalue weighted by molar-refractivity contribution is -0.127. The summed E-state index contributed by atoms with van der Waals surface area (Å²) in [6, 6.07) is 11.0. The molecule has 3 rings (SSSR count). The second-order valence-electron chi connectivity index (χ2n) is 7.88. The van der Waals surface area contributed by atoms with E-state index in [0.29, 0.717) is 22.7 Å². The van der Waals surface area contributed by atoms with Crippen LogP contribution in [-0.2, 0) is 9.59 Å². The fraction of sp³-hybridized carbons (Fsp3) is 0.320. The number of hydrogen-bond donors (Lipinski definition) is 1. The molecule has 1 atom stereocenters. The van der Waals surface area contributed by atoms with Gasteiger partial charge in [0.05, 0.1) is 18.1 Å². The average molecular weight is 469 g/mol. The van der Waals surface area contributed by atoms with Crippen molar-refractivity contribution in [1.82, 2.24) is 4.90 Å². The third-order valence-electron chi connectivity index (χ3n) is 5.23. The van der Waals surface area contributed by atoms with Crippen molar-refractivity contribution in [3.8, 4) is 11.5 Å². The molecule has 0 bridgehead atoms. The molecule has 0 unspecified atom stereocenters. The van der Waals surface area contributed by atoms with Gasteiger partial charge in [-0.05, 0) is 79.9 Å². The van der Waals surface area contributed by atoms with Gasteiger partial charge in [0.25, 0.3) is 11.1 Å². The van der Waals surface area contributed by atoms with Crippen molar-refractivity contribution >= 4 is 40.6 Å². The normalized spacial score (nSPS) is 15.7. The van der Waals surface area contributed by atoms with E-state index in [1.165, 1.54) is 0 Å².